The first-order chi connectivity index (χ1) is 9.72. The lowest BCUT2D eigenvalue weighted by molar-refractivity contribution is -0.131. The Morgan fingerprint density at radius 3 is 2.65 bits per heavy atom. The molecule has 0 amide bonds. The zero-order valence-corrected chi connectivity index (χ0v) is 11.2. The highest BCUT2D eigenvalue weighted by Gasteiger charge is 2.05. The third-order valence-corrected chi connectivity index (χ3v) is 3.20. The van der Waals surface area contributed by atoms with Crippen molar-refractivity contribution in [1.29, 1.82) is 0 Å². The monoisotopic (exact) mass is 265 g/mol. The summed E-state index contributed by atoms with van der Waals surface area (Å²) in [6.45, 7) is 2.21. The number of nitrogens with zero attached hydrogens (tertiary/aromatic N) is 1. The molecule has 20 heavy (non-hydrogen) atoms. The second-order valence-corrected chi connectivity index (χ2v) is 4.74. The maximum Gasteiger partial charge on any atom is 0.308 e. The minimum Gasteiger partial charge on any atom is -0.427 e. The molecule has 0 aliphatic rings. The lowest BCUT2D eigenvalue weighted by Gasteiger charge is -2.07. The van der Waals surface area contributed by atoms with E-state index < -0.39 is 0 Å². The van der Waals surface area contributed by atoms with Gasteiger partial charge in [0.25, 0.3) is 0 Å². The van der Waals surface area contributed by atoms with Crippen molar-refractivity contribution >= 4 is 16.9 Å². The lowest BCUT2D eigenvalue weighted by Crippen LogP contribution is -2.02. The summed E-state index contributed by atoms with van der Waals surface area (Å²) in [5.74, 6) is 0.281. The number of ether oxygens (including phenoxy) is 1. The average Bonchev–Trinajstić information content (AvgIpc) is 2.82. The van der Waals surface area contributed by atoms with Crippen LogP contribution < -0.4 is 4.74 Å². The van der Waals surface area contributed by atoms with Crippen LogP contribution in [0.4, 0.5) is 0 Å². The van der Waals surface area contributed by atoms with Crippen molar-refractivity contribution < 1.29 is 9.53 Å². The Kier molecular flexibility index (Phi) is 3.25. The molecular formula is C17H15NO2. The third kappa shape index (κ3) is 2.57. The average molecular weight is 265 g/mol. The molecule has 100 valence electrons. The van der Waals surface area contributed by atoms with Crippen LogP contribution >= 0.6 is 0 Å². The molecule has 0 radical (unpaired) electrons. The Labute approximate surface area is 117 Å². The highest BCUT2D eigenvalue weighted by molar-refractivity contribution is 5.82. The van der Waals surface area contributed by atoms with Crippen LogP contribution in [0.25, 0.3) is 10.9 Å². The van der Waals surface area contributed by atoms with Crippen LogP contribution in [-0.2, 0) is 11.3 Å². The maximum absolute atomic E-state index is 11.0. The first-order valence-corrected chi connectivity index (χ1v) is 6.53. The van der Waals surface area contributed by atoms with E-state index >= 15 is 0 Å². The molecule has 0 bridgehead atoms. The molecule has 0 atom stereocenters. The van der Waals surface area contributed by atoms with E-state index in [0.717, 1.165) is 17.4 Å². The molecule has 3 rings (SSSR count). The zero-order valence-electron chi connectivity index (χ0n) is 11.2. The van der Waals surface area contributed by atoms with Gasteiger partial charge in [-0.2, -0.15) is 0 Å². The van der Waals surface area contributed by atoms with E-state index in [0.29, 0.717) is 5.75 Å². The summed E-state index contributed by atoms with van der Waals surface area (Å²) in [4.78, 5) is 11.0. The van der Waals surface area contributed by atoms with E-state index in [1.807, 2.05) is 36.4 Å². The van der Waals surface area contributed by atoms with Crippen molar-refractivity contribution in [3.8, 4) is 5.75 Å². The Hall–Kier alpha value is -2.55. The normalized spacial score (nSPS) is 10.7. The van der Waals surface area contributed by atoms with Crippen molar-refractivity contribution in [1.82, 2.24) is 4.57 Å². The third-order valence-electron chi connectivity index (χ3n) is 3.20. The van der Waals surface area contributed by atoms with E-state index in [2.05, 4.69) is 29.0 Å². The van der Waals surface area contributed by atoms with Crippen LogP contribution in [0.1, 0.15) is 12.5 Å². The summed E-state index contributed by atoms with van der Waals surface area (Å²) in [6.07, 6.45) is 2.05. The fourth-order valence-electron chi connectivity index (χ4n) is 2.31. The van der Waals surface area contributed by atoms with Gasteiger partial charge in [-0.15, -0.1) is 0 Å². The Morgan fingerprint density at radius 2 is 1.90 bits per heavy atom. The molecule has 1 aromatic heterocycles. The molecule has 0 N–H and O–H groups in total. The van der Waals surface area contributed by atoms with Crippen LogP contribution in [0, 0.1) is 0 Å². The number of carbonyl (C=O) groups is 1. The molecule has 2 aromatic carbocycles. The van der Waals surface area contributed by atoms with Crippen LogP contribution in [0.5, 0.6) is 5.75 Å². The summed E-state index contributed by atoms with van der Waals surface area (Å²) in [7, 11) is 0. The van der Waals surface area contributed by atoms with Gasteiger partial charge in [-0.3, -0.25) is 4.79 Å². The van der Waals surface area contributed by atoms with Gasteiger partial charge in [0.05, 0.1) is 5.52 Å². The van der Waals surface area contributed by atoms with Gasteiger partial charge in [-0.1, -0.05) is 30.3 Å². The van der Waals surface area contributed by atoms with Crippen molar-refractivity contribution in [3.05, 3.63) is 66.4 Å². The number of fused-ring (bicyclic) bond motifs is 1. The van der Waals surface area contributed by atoms with Crippen LogP contribution in [0.2, 0.25) is 0 Å². The lowest BCUT2D eigenvalue weighted by atomic mass is 10.2. The zero-order chi connectivity index (χ0) is 13.9. The summed E-state index contributed by atoms with van der Waals surface area (Å²) in [6, 6.07) is 18.0. The molecule has 3 nitrogen and oxygen atoms in total. The van der Waals surface area contributed by atoms with E-state index in [-0.39, 0.29) is 5.97 Å². The number of rotatable bonds is 3. The Balaban J connectivity index is 1.96. The highest BCUT2D eigenvalue weighted by atomic mass is 16.5. The van der Waals surface area contributed by atoms with Crippen LogP contribution in [-0.4, -0.2) is 10.5 Å². The molecule has 0 spiro atoms. The Bertz CT molecular complexity index is 744. The largest absolute Gasteiger partial charge is 0.427 e. The van der Waals surface area contributed by atoms with Crippen molar-refractivity contribution in [3.63, 3.8) is 0 Å². The summed E-state index contributed by atoms with van der Waals surface area (Å²) in [5.41, 5.74) is 2.30. The molecule has 0 aliphatic carbocycles. The number of hydrogen-bond donors (Lipinski definition) is 0. The molecule has 0 fully saturated rings. The van der Waals surface area contributed by atoms with Gasteiger partial charge in [0.15, 0.2) is 0 Å². The molecule has 3 heteroatoms. The fourth-order valence-corrected chi connectivity index (χ4v) is 2.31. The van der Waals surface area contributed by atoms with E-state index in [1.165, 1.54) is 12.5 Å². The second kappa shape index (κ2) is 5.21. The van der Waals surface area contributed by atoms with Crippen LogP contribution in [0.3, 0.4) is 0 Å². The number of carbonyl (C=O) groups excluding carboxylic acids is 1. The topological polar surface area (TPSA) is 31.2 Å². The van der Waals surface area contributed by atoms with E-state index in [9.17, 15) is 4.79 Å². The van der Waals surface area contributed by atoms with Gasteiger partial charge in [-0.05, 0) is 29.1 Å². The Morgan fingerprint density at radius 1 is 1.10 bits per heavy atom. The van der Waals surface area contributed by atoms with Gasteiger partial charge in [-0.25, -0.2) is 0 Å². The van der Waals surface area contributed by atoms with E-state index in [1.54, 1.807) is 0 Å². The number of aromatic nitrogens is 1. The first kappa shape index (κ1) is 12.5. The van der Waals surface area contributed by atoms with Gasteiger partial charge >= 0.3 is 5.97 Å². The van der Waals surface area contributed by atoms with Crippen LogP contribution in [0.15, 0.2) is 60.8 Å². The molecule has 3 aromatic rings. The summed E-state index contributed by atoms with van der Waals surface area (Å²) in [5, 5.41) is 1.14. The second-order valence-electron chi connectivity index (χ2n) is 4.74. The van der Waals surface area contributed by atoms with Crippen molar-refractivity contribution in [2.24, 2.45) is 0 Å². The standard InChI is InChI=1S/C17H15NO2/c1-13(19)20-16-8-7-15-9-10-18(17(15)11-16)12-14-5-3-2-4-6-14/h2-11H,12H2,1H3. The number of esters is 1. The molecule has 1 heterocycles. The van der Waals surface area contributed by atoms with Gasteiger partial charge < -0.3 is 9.30 Å². The fraction of sp³-hybridized carbons (Fsp3) is 0.118. The molecule has 0 unspecified atom stereocenters. The minimum atomic E-state index is -0.300. The molecule has 0 saturated carbocycles. The predicted octanol–water partition coefficient (Wildman–Crippen LogP) is 3.61. The number of benzene rings is 2. The van der Waals surface area contributed by atoms with Gasteiger partial charge in [0.1, 0.15) is 5.75 Å². The summed E-state index contributed by atoms with van der Waals surface area (Å²) >= 11 is 0. The quantitative estimate of drug-likeness (QED) is 0.535. The maximum atomic E-state index is 11.0. The SMILES string of the molecule is CC(=O)Oc1ccc2ccn(Cc3ccccc3)c2c1. The van der Waals surface area contributed by atoms with Gasteiger partial charge in [0, 0.05) is 25.7 Å². The minimum absolute atomic E-state index is 0.300. The molecule has 0 aliphatic heterocycles. The highest BCUT2D eigenvalue weighted by Crippen LogP contribution is 2.23. The summed E-state index contributed by atoms with van der Waals surface area (Å²) < 4.78 is 7.30. The molecule has 0 saturated heterocycles. The van der Waals surface area contributed by atoms with Crippen molar-refractivity contribution in [2.75, 3.05) is 0 Å². The van der Waals surface area contributed by atoms with E-state index in [4.69, 9.17) is 4.74 Å². The smallest absolute Gasteiger partial charge is 0.308 e. The predicted molar refractivity (Wildman–Crippen MR) is 78.8 cm³/mol. The van der Waals surface area contributed by atoms with Crippen molar-refractivity contribution in [2.45, 2.75) is 13.5 Å². The first-order valence-electron chi connectivity index (χ1n) is 6.53. The molecular weight excluding hydrogens is 250 g/mol. The van der Waals surface area contributed by atoms with Gasteiger partial charge in [0.2, 0.25) is 0 Å². The number of hydrogen-bond acceptors (Lipinski definition) is 2.